The molecule has 0 bridgehead atoms. The van der Waals surface area contributed by atoms with Crippen LogP contribution in [0.3, 0.4) is 0 Å². The van der Waals surface area contributed by atoms with Gasteiger partial charge < -0.3 is 9.47 Å². The summed E-state index contributed by atoms with van der Waals surface area (Å²) in [6.45, 7) is 3.65. The zero-order valence-electron chi connectivity index (χ0n) is 15.3. The van der Waals surface area contributed by atoms with Crippen molar-refractivity contribution in [2.24, 2.45) is 5.92 Å². The molecule has 1 aliphatic heterocycles. The lowest BCUT2D eigenvalue weighted by molar-refractivity contribution is -0.129. The Morgan fingerprint density at radius 2 is 1.85 bits per heavy atom. The zero-order valence-corrected chi connectivity index (χ0v) is 15.3. The molecule has 4 rings (SSSR count). The number of aromatic nitrogens is 2. The number of fused-ring (bicyclic) bond motifs is 1. The van der Waals surface area contributed by atoms with Gasteiger partial charge in [-0.3, -0.25) is 4.79 Å². The van der Waals surface area contributed by atoms with Gasteiger partial charge in [0.2, 0.25) is 5.91 Å². The third kappa shape index (κ3) is 3.36. The molecule has 1 saturated heterocycles. The van der Waals surface area contributed by atoms with Crippen LogP contribution in [0.25, 0.3) is 11.0 Å². The highest BCUT2D eigenvalue weighted by molar-refractivity contribution is 5.79. The molecular weight excluding hydrogens is 322 g/mol. The lowest BCUT2D eigenvalue weighted by Crippen LogP contribution is -2.28. The first-order valence-electron chi connectivity index (χ1n) is 9.50. The van der Waals surface area contributed by atoms with Gasteiger partial charge in [0.1, 0.15) is 5.82 Å². The molecule has 0 N–H and O–H groups in total. The monoisotopic (exact) mass is 347 g/mol. The van der Waals surface area contributed by atoms with Gasteiger partial charge in [0.05, 0.1) is 17.7 Å². The molecule has 1 unspecified atom stereocenters. The van der Waals surface area contributed by atoms with E-state index in [0.717, 1.165) is 42.7 Å². The topological polar surface area (TPSA) is 38.1 Å². The number of nitrogens with zero attached hydrogens (tertiary/aromatic N) is 3. The van der Waals surface area contributed by atoms with Gasteiger partial charge in [-0.15, -0.1) is 0 Å². The lowest BCUT2D eigenvalue weighted by Gasteiger charge is -2.20. The Bertz CT molecular complexity index is 900. The molecule has 1 amide bonds. The van der Waals surface area contributed by atoms with Gasteiger partial charge in [0, 0.05) is 19.4 Å². The summed E-state index contributed by atoms with van der Waals surface area (Å²) in [7, 11) is 0. The van der Waals surface area contributed by atoms with E-state index in [-0.39, 0.29) is 5.91 Å². The van der Waals surface area contributed by atoms with E-state index in [9.17, 15) is 4.79 Å². The van der Waals surface area contributed by atoms with Crippen molar-refractivity contribution in [2.45, 2.75) is 39.3 Å². The van der Waals surface area contributed by atoms with E-state index in [2.05, 4.69) is 41.8 Å². The highest BCUT2D eigenvalue weighted by atomic mass is 16.2. The van der Waals surface area contributed by atoms with Gasteiger partial charge >= 0.3 is 0 Å². The predicted octanol–water partition coefficient (Wildman–Crippen LogP) is 4.23. The van der Waals surface area contributed by atoms with E-state index in [1.54, 1.807) is 0 Å². The second-order valence-corrected chi connectivity index (χ2v) is 7.22. The smallest absolute Gasteiger partial charge is 0.224 e. The van der Waals surface area contributed by atoms with E-state index in [1.165, 1.54) is 5.56 Å². The average molecular weight is 347 g/mol. The summed E-state index contributed by atoms with van der Waals surface area (Å²) in [6.07, 6.45) is 3.73. The number of carbonyl (C=O) groups is 1. The van der Waals surface area contributed by atoms with Crippen molar-refractivity contribution in [1.82, 2.24) is 14.5 Å². The maximum absolute atomic E-state index is 12.5. The first-order chi connectivity index (χ1) is 12.7. The van der Waals surface area contributed by atoms with Crippen LogP contribution in [-0.2, 0) is 17.9 Å². The number of para-hydroxylation sites is 2. The van der Waals surface area contributed by atoms with Crippen LogP contribution in [0.2, 0.25) is 0 Å². The molecular formula is C22H25N3O. The summed E-state index contributed by atoms with van der Waals surface area (Å²) in [5.41, 5.74) is 3.33. The van der Waals surface area contributed by atoms with Crippen molar-refractivity contribution in [2.75, 3.05) is 6.54 Å². The van der Waals surface area contributed by atoms with Crippen molar-refractivity contribution in [3.63, 3.8) is 0 Å². The molecule has 26 heavy (non-hydrogen) atoms. The van der Waals surface area contributed by atoms with Crippen molar-refractivity contribution in [3.05, 3.63) is 66.0 Å². The quantitative estimate of drug-likeness (QED) is 0.669. The minimum absolute atomic E-state index is 0.270. The van der Waals surface area contributed by atoms with Crippen molar-refractivity contribution in [3.8, 4) is 0 Å². The molecule has 0 aliphatic carbocycles. The molecule has 0 saturated carbocycles. The average Bonchev–Trinajstić information content (AvgIpc) is 3.17. The molecule has 4 nitrogen and oxygen atoms in total. The number of hydrogen-bond acceptors (Lipinski definition) is 2. The van der Waals surface area contributed by atoms with E-state index < -0.39 is 0 Å². The largest absolute Gasteiger partial charge is 0.324 e. The number of hydrogen-bond donors (Lipinski definition) is 0. The first-order valence-corrected chi connectivity index (χ1v) is 9.50. The Morgan fingerprint density at radius 3 is 2.65 bits per heavy atom. The van der Waals surface area contributed by atoms with Crippen molar-refractivity contribution < 1.29 is 4.79 Å². The molecule has 1 atom stereocenters. The fourth-order valence-corrected chi connectivity index (χ4v) is 3.96. The van der Waals surface area contributed by atoms with Crippen LogP contribution in [-0.4, -0.2) is 26.9 Å². The van der Waals surface area contributed by atoms with Gasteiger partial charge in [-0.05, 0) is 30.0 Å². The number of rotatable bonds is 6. The lowest BCUT2D eigenvalue weighted by atomic mass is 10.0. The fraction of sp³-hybridized carbons (Fsp3) is 0.364. The minimum Gasteiger partial charge on any atom is -0.324 e. The van der Waals surface area contributed by atoms with Crippen LogP contribution >= 0.6 is 0 Å². The summed E-state index contributed by atoms with van der Waals surface area (Å²) in [6, 6.07) is 18.6. The minimum atomic E-state index is 0.270. The molecule has 134 valence electrons. The number of amides is 1. The number of imidazole rings is 1. The van der Waals surface area contributed by atoms with Crippen molar-refractivity contribution in [1.29, 1.82) is 0 Å². The van der Waals surface area contributed by atoms with Gasteiger partial charge in [0.25, 0.3) is 0 Å². The summed E-state index contributed by atoms with van der Waals surface area (Å²) in [4.78, 5) is 19.3. The Morgan fingerprint density at radius 1 is 1.08 bits per heavy atom. The van der Waals surface area contributed by atoms with Crippen LogP contribution in [0.4, 0.5) is 0 Å². The van der Waals surface area contributed by atoms with Crippen LogP contribution in [0.5, 0.6) is 0 Å². The molecule has 4 heteroatoms. The van der Waals surface area contributed by atoms with Crippen LogP contribution in [0, 0.1) is 5.92 Å². The second kappa shape index (κ2) is 7.32. The van der Waals surface area contributed by atoms with Gasteiger partial charge in [-0.2, -0.15) is 0 Å². The zero-order chi connectivity index (χ0) is 17.9. The highest BCUT2D eigenvalue weighted by Gasteiger charge is 2.29. The molecule has 1 fully saturated rings. The van der Waals surface area contributed by atoms with Gasteiger partial charge in [0.15, 0.2) is 0 Å². The number of benzene rings is 2. The van der Waals surface area contributed by atoms with Crippen LogP contribution < -0.4 is 0 Å². The van der Waals surface area contributed by atoms with E-state index in [4.69, 9.17) is 4.98 Å². The Hall–Kier alpha value is -2.62. The summed E-state index contributed by atoms with van der Waals surface area (Å²) in [5.74, 6) is 1.79. The molecule has 3 aromatic rings. The van der Waals surface area contributed by atoms with Crippen molar-refractivity contribution >= 4 is 16.9 Å². The fourth-order valence-electron chi connectivity index (χ4n) is 3.96. The van der Waals surface area contributed by atoms with Gasteiger partial charge in [-0.25, -0.2) is 4.98 Å². The first kappa shape index (κ1) is 16.8. The number of likely N-dealkylation sites (tertiary alicyclic amines) is 1. The normalized spacial score (nSPS) is 17.3. The summed E-state index contributed by atoms with van der Waals surface area (Å²) < 4.78 is 2.22. The summed E-state index contributed by atoms with van der Waals surface area (Å²) >= 11 is 0. The molecule has 1 aromatic heterocycles. The highest BCUT2D eigenvalue weighted by Crippen LogP contribution is 2.25. The van der Waals surface area contributed by atoms with E-state index in [1.807, 2.05) is 29.2 Å². The molecule has 2 heterocycles. The molecule has 0 spiro atoms. The second-order valence-electron chi connectivity index (χ2n) is 7.22. The number of carbonyl (C=O) groups excluding carboxylic acids is 1. The Labute approximate surface area is 154 Å². The molecule has 0 radical (unpaired) electrons. The third-order valence-electron chi connectivity index (χ3n) is 5.24. The summed E-state index contributed by atoms with van der Waals surface area (Å²) in [5, 5.41) is 0. The Balaban J connectivity index is 1.65. The van der Waals surface area contributed by atoms with E-state index in [0.29, 0.717) is 19.0 Å². The van der Waals surface area contributed by atoms with Crippen LogP contribution in [0.1, 0.15) is 37.6 Å². The molecule has 2 aromatic carbocycles. The third-order valence-corrected chi connectivity index (χ3v) is 5.24. The maximum atomic E-state index is 12.5. The van der Waals surface area contributed by atoms with E-state index >= 15 is 0 Å². The Kier molecular flexibility index (Phi) is 4.74. The predicted molar refractivity (Wildman–Crippen MR) is 104 cm³/mol. The molecule has 1 aliphatic rings. The van der Waals surface area contributed by atoms with Gasteiger partial charge in [-0.1, -0.05) is 55.8 Å². The SMILES string of the molecule is CCCC1CC(=O)N(Cn2c(Cc3ccccc3)nc3ccccc32)C1. The maximum Gasteiger partial charge on any atom is 0.224 e. The van der Waals surface area contributed by atoms with Crippen LogP contribution in [0.15, 0.2) is 54.6 Å². The standard InChI is InChI=1S/C22H25N3O/c1-2-8-18-14-22(26)24(15-18)16-25-20-12-7-6-11-19(20)23-21(25)13-17-9-4-3-5-10-17/h3-7,9-12,18H,2,8,13-16H2,1H3.